The van der Waals surface area contributed by atoms with Gasteiger partial charge in [0.25, 0.3) is 11.7 Å². The number of anilines is 1. The summed E-state index contributed by atoms with van der Waals surface area (Å²) in [6.07, 6.45) is 0. The summed E-state index contributed by atoms with van der Waals surface area (Å²) in [5, 5.41) is 20.8. The number of hydrogen-bond acceptors (Lipinski definition) is 5. The summed E-state index contributed by atoms with van der Waals surface area (Å²) in [6.45, 7) is 2.16. The highest BCUT2D eigenvalue weighted by atomic mass is 19.1. The SMILES string of the molecule is CCOc1cccc(/C(O)=C2\C(=O)C(=O)N(c3cc(F)ccc3F)C2c2ccc(O)cc2)c1. The van der Waals surface area contributed by atoms with Crippen molar-refractivity contribution in [2.24, 2.45) is 0 Å². The van der Waals surface area contributed by atoms with Crippen LogP contribution in [-0.4, -0.2) is 28.5 Å². The Labute approximate surface area is 188 Å². The van der Waals surface area contributed by atoms with E-state index in [1.807, 2.05) is 0 Å². The van der Waals surface area contributed by atoms with Gasteiger partial charge in [-0.2, -0.15) is 0 Å². The molecule has 3 aromatic carbocycles. The quantitative estimate of drug-likeness (QED) is 0.334. The Morgan fingerprint density at radius 3 is 2.45 bits per heavy atom. The molecule has 1 saturated heterocycles. The van der Waals surface area contributed by atoms with Crippen LogP contribution in [0.15, 0.2) is 72.3 Å². The van der Waals surface area contributed by atoms with Crippen LogP contribution in [0.4, 0.5) is 14.5 Å². The number of carbonyl (C=O) groups excluding carboxylic acids is 2. The number of aliphatic hydroxyl groups excluding tert-OH is 1. The maximum absolute atomic E-state index is 14.7. The molecule has 2 N–H and O–H groups in total. The largest absolute Gasteiger partial charge is 0.508 e. The monoisotopic (exact) mass is 451 g/mol. The average molecular weight is 451 g/mol. The first-order valence-electron chi connectivity index (χ1n) is 10.1. The number of ketones is 1. The van der Waals surface area contributed by atoms with Crippen molar-refractivity contribution in [1.29, 1.82) is 0 Å². The van der Waals surface area contributed by atoms with Gasteiger partial charge in [-0.15, -0.1) is 0 Å². The summed E-state index contributed by atoms with van der Waals surface area (Å²) in [5.74, 6) is -4.03. The lowest BCUT2D eigenvalue weighted by Crippen LogP contribution is -2.30. The Balaban J connectivity index is 1.95. The van der Waals surface area contributed by atoms with Gasteiger partial charge in [0.05, 0.1) is 23.9 Å². The highest BCUT2D eigenvalue weighted by Gasteiger charge is 2.47. The van der Waals surface area contributed by atoms with E-state index >= 15 is 0 Å². The molecule has 0 bridgehead atoms. The Morgan fingerprint density at radius 2 is 1.76 bits per heavy atom. The number of benzene rings is 3. The first kappa shape index (κ1) is 22.0. The number of ether oxygens (including phenoxy) is 1. The molecule has 1 unspecified atom stereocenters. The topological polar surface area (TPSA) is 87.1 Å². The van der Waals surface area contributed by atoms with Gasteiger partial charge in [-0.1, -0.05) is 24.3 Å². The Morgan fingerprint density at radius 1 is 1.03 bits per heavy atom. The third-order valence-corrected chi connectivity index (χ3v) is 5.24. The number of phenolic OH excluding ortho intramolecular Hbond substituents is 1. The molecule has 0 aromatic heterocycles. The third kappa shape index (κ3) is 4.03. The van der Waals surface area contributed by atoms with Crippen molar-refractivity contribution in [2.75, 3.05) is 11.5 Å². The maximum Gasteiger partial charge on any atom is 0.300 e. The fourth-order valence-corrected chi connectivity index (χ4v) is 3.78. The Hall–Kier alpha value is -4.20. The number of phenols is 1. The first-order valence-corrected chi connectivity index (χ1v) is 10.1. The van der Waals surface area contributed by atoms with Gasteiger partial charge in [0.2, 0.25) is 0 Å². The summed E-state index contributed by atoms with van der Waals surface area (Å²) >= 11 is 0. The molecule has 1 aliphatic heterocycles. The molecule has 6 nitrogen and oxygen atoms in total. The second-order valence-corrected chi connectivity index (χ2v) is 7.32. The summed E-state index contributed by atoms with van der Waals surface area (Å²) in [4.78, 5) is 26.9. The number of Topliss-reactive ketones (excluding diaryl/α,β-unsaturated/α-hetero) is 1. The number of nitrogens with zero attached hydrogens (tertiary/aromatic N) is 1. The maximum atomic E-state index is 14.7. The van der Waals surface area contributed by atoms with Crippen molar-refractivity contribution in [3.8, 4) is 11.5 Å². The minimum Gasteiger partial charge on any atom is -0.508 e. The third-order valence-electron chi connectivity index (χ3n) is 5.24. The molecule has 1 amide bonds. The van der Waals surface area contributed by atoms with Crippen molar-refractivity contribution in [2.45, 2.75) is 13.0 Å². The first-order chi connectivity index (χ1) is 15.8. The lowest BCUT2D eigenvalue weighted by Gasteiger charge is -2.26. The summed E-state index contributed by atoms with van der Waals surface area (Å²) < 4.78 is 34.0. The zero-order valence-corrected chi connectivity index (χ0v) is 17.5. The van der Waals surface area contributed by atoms with Crippen molar-refractivity contribution >= 4 is 23.1 Å². The van der Waals surface area contributed by atoms with Crippen LogP contribution in [0.2, 0.25) is 0 Å². The number of amides is 1. The standard InChI is InChI=1S/C25H19F2NO5/c1-2-33-18-5-3-4-15(12-18)23(30)21-22(14-6-9-17(29)10-7-14)28(25(32)24(21)31)20-13-16(26)8-11-19(20)27/h3-13,22,29-30H,2H2,1H3/b23-21+. The summed E-state index contributed by atoms with van der Waals surface area (Å²) in [7, 11) is 0. The van der Waals surface area contributed by atoms with Crippen LogP contribution in [0.3, 0.4) is 0 Å². The molecule has 4 rings (SSSR count). The predicted octanol–water partition coefficient (Wildman–Crippen LogP) is 4.70. The van der Waals surface area contributed by atoms with E-state index in [1.54, 1.807) is 19.1 Å². The summed E-state index contributed by atoms with van der Waals surface area (Å²) in [5.41, 5.74) is -0.235. The van der Waals surface area contributed by atoms with E-state index in [2.05, 4.69) is 0 Å². The van der Waals surface area contributed by atoms with E-state index < -0.39 is 40.8 Å². The van der Waals surface area contributed by atoms with Crippen LogP contribution in [-0.2, 0) is 9.59 Å². The average Bonchev–Trinajstić information content (AvgIpc) is 3.06. The van der Waals surface area contributed by atoms with Gasteiger partial charge in [0.15, 0.2) is 0 Å². The molecule has 3 aromatic rings. The van der Waals surface area contributed by atoms with Gasteiger partial charge in [0, 0.05) is 11.6 Å². The van der Waals surface area contributed by atoms with Gasteiger partial charge < -0.3 is 14.9 Å². The number of hydrogen-bond donors (Lipinski definition) is 2. The second kappa shape index (κ2) is 8.74. The van der Waals surface area contributed by atoms with Crippen molar-refractivity contribution in [3.63, 3.8) is 0 Å². The molecular formula is C25H19F2NO5. The molecule has 1 heterocycles. The number of carbonyl (C=O) groups is 2. The molecule has 0 radical (unpaired) electrons. The highest BCUT2D eigenvalue weighted by Crippen LogP contribution is 2.43. The number of halogens is 2. The van der Waals surface area contributed by atoms with Crippen LogP contribution in [0.1, 0.15) is 24.1 Å². The fourth-order valence-electron chi connectivity index (χ4n) is 3.78. The zero-order chi connectivity index (χ0) is 23.7. The van der Waals surface area contributed by atoms with Gasteiger partial charge >= 0.3 is 0 Å². The fraction of sp³-hybridized carbons (Fsp3) is 0.120. The van der Waals surface area contributed by atoms with Gasteiger partial charge in [-0.3, -0.25) is 14.5 Å². The Kier molecular flexibility index (Phi) is 5.83. The van der Waals surface area contributed by atoms with E-state index in [-0.39, 0.29) is 16.9 Å². The van der Waals surface area contributed by atoms with Crippen molar-refractivity contribution in [3.05, 3.63) is 95.1 Å². The molecule has 0 saturated carbocycles. The predicted molar refractivity (Wildman–Crippen MR) is 117 cm³/mol. The minimum absolute atomic E-state index is 0.0722. The normalized spacial score (nSPS) is 17.4. The Bertz CT molecular complexity index is 1270. The molecule has 1 aliphatic rings. The van der Waals surface area contributed by atoms with Crippen molar-refractivity contribution in [1.82, 2.24) is 0 Å². The van der Waals surface area contributed by atoms with Crippen LogP contribution < -0.4 is 9.64 Å². The molecule has 0 aliphatic carbocycles. The van der Waals surface area contributed by atoms with Crippen LogP contribution in [0.25, 0.3) is 5.76 Å². The molecule has 1 fully saturated rings. The second-order valence-electron chi connectivity index (χ2n) is 7.32. The molecule has 168 valence electrons. The van der Waals surface area contributed by atoms with Crippen LogP contribution in [0.5, 0.6) is 11.5 Å². The molecule has 1 atom stereocenters. The van der Waals surface area contributed by atoms with Crippen LogP contribution in [0, 0.1) is 11.6 Å². The molecular weight excluding hydrogens is 432 g/mol. The lowest BCUT2D eigenvalue weighted by atomic mass is 9.95. The number of aliphatic hydroxyl groups is 1. The lowest BCUT2D eigenvalue weighted by molar-refractivity contribution is -0.132. The molecule has 33 heavy (non-hydrogen) atoms. The van der Waals surface area contributed by atoms with E-state index in [0.717, 1.165) is 23.1 Å². The smallest absolute Gasteiger partial charge is 0.300 e. The summed E-state index contributed by atoms with van der Waals surface area (Å²) in [6, 6.07) is 13.1. The van der Waals surface area contributed by atoms with Crippen molar-refractivity contribution < 1.29 is 33.3 Å². The van der Waals surface area contributed by atoms with Gasteiger partial charge in [-0.05, 0) is 48.9 Å². The number of aromatic hydroxyl groups is 1. The molecule has 0 spiro atoms. The number of rotatable bonds is 5. The van der Waals surface area contributed by atoms with E-state index in [0.29, 0.717) is 17.9 Å². The zero-order valence-electron chi connectivity index (χ0n) is 17.5. The van der Waals surface area contributed by atoms with Gasteiger partial charge in [0.1, 0.15) is 28.9 Å². The van der Waals surface area contributed by atoms with E-state index in [1.165, 1.54) is 36.4 Å². The van der Waals surface area contributed by atoms with E-state index in [4.69, 9.17) is 4.74 Å². The van der Waals surface area contributed by atoms with Crippen LogP contribution >= 0.6 is 0 Å². The molecule has 8 heteroatoms. The minimum atomic E-state index is -1.27. The highest BCUT2D eigenvalue weighted by molar-refractivity contribution is 6.51. The van der Waals surface area contributed by atoms with Gasteiger partial charge in [-0.25, -0.2) is 8.78 Å². The van der Waals surface area contributed by atoms with E-state index in [9.17, 15) is 28.6 Å².